The molecule has 0 saturated heterocycles. The minimum atomic E-state index is -3.70. The maximum Gasteiger partial charge on any atom is 0.262 e. The van der Waals surface area contributed by atoms with Crippen LogP contribution < -0.4 is 0 Å². The van der Waals surface area contributed by atoms with Crippen LogP contribution >= 0.6 is 58.5 Å². The summed E-state index contributed by atoms with van der Waals surface area (Å²) in [6, 6.07) is 3.04. The molecule has 0 spiro atoms. The lowest BCUT2D eigenvalue weighted by Gasteiger charge is -2.02. The average Bonchev–Trinajstić information content (AvgIpc) is 1.94. The van der Waals surface area contributed by atoms with E-state index in [0.29, 0.717) is 8.95 Å². The zero-order valence-corrected chi connectivity index (χ0v) is 12.2. The van der Waals surface area contributed by atoms with Gasteiger partial charge in [0.25, 0.3) is 9.05 Å². The van der Waals surface area contributed by atoms with Crippen LogP contribution in [0.2, 0.25) is 0 Å². The fourth-order valence-electron chi connectivity index (χ4n) is 0.691. The summed E-state index contributed by atoms with van der Waals surface area (Å²) in [6.07, 6.45) is 0. The van der Waals surface area contributed by atoms with E-state index in [1.54, 1.807) is 6.07 Å². The van der Waals surface area contributed by atoms with Gasteiger partial charge in [0.05, 0.1) is 4.90 Å². The van der Waals surface area contributed by atoms with E-state index in [1.165, 1.54) is 6.07 Å². The Hall–Kier alpha value is 0.900. The highest BCUT2D eigenvalue weighted by Gasteiger charge is 2.16. The minimum Gasteiger partial charge on any atom is -0.207 e. The molecule has 0 heterocycles. The van der Waals surface area contributed by atoms with Crippen molar-refractivity contribution in [2.75, 3.05) is 0 Å². The van der Waals surface area contributed by atoms with Crippen LogP contribution in [0, 0.1) is 0 Å². The summed E-state index contributed by atoms with van der Waals surface area (Å²) in [7, 11) is 1.50. The van der Waals surface area contributed by atoms with Gasteiger partial charge in [0.2, 0.25) is 0 Å². The Morgan fingerprint density at radius 2 is 1.46 bits per heavy atom. The van der Waals surface area contributed by atoms with Crippen molar-refractivity contribution in [3.8, 4) is 0 Å². The third-order valence-electron chi connectivity index (χ3n) is 1.24. The van der Waals surface area contributed by atoms with Gasteiger partial charge in [0, 0.05) is 24.1 Å². The molecular weight excluding hydrogens is 411 g/mol. The van der Waals surface area contributed by atoms with Gasteiger partial charge in [-0.25, -0.2) is 8.42 Å². The molecule has 0 aliphatic carbocycles. The molecule has 0 atom stereocenters. The van der Waals surface area contributed by atoms with E-state index in [-0.39, 0.29) is 4.90 Å². The number of benzene rings is 1. The third kappa shape index (κ3) is 2.92. The maximum absolute atomic E-state index is 11.0. The summed E-state index contributed by atoms with van der Waals surface area (Å²) in [5, 5.41) is 0. The number of hydrogen-bond acceptors (Lipinski definition) is 2. The second-order valence-electron chi connectivity index (χ2n) is 2.13. The van der Waals surface area contributed by atoms with Crippen molar-refractivity contribution in [1.82, 2.24) is 0 Å². The van der Waals surface area contributed by atoms with Crippen LogP contribution in [0.5, 0.6) is 0 Å². The molecular formula is C6H2Br3ClO2S. The topological polar surface area (TPSA) is 34.1 Å². The lowest BCUT2D eigenvalue weighted by molar-refractivity contribution is 0.609. The first-order chi connectivity index (χ1) is 5.82. The van der Waals surface area contributed by atoms with Crippen molar-refractivity contribution in [2.45, 2.75) is 4.90 Å². The van der Waals surface area contributed by atoms with Gasteiger partial charge in [0.15, 0.2) is 0 Å². The zero-order valence-electron chi connectivity index (χ0n) is 5.89. The predicted octanol–water partition coefficient (Wildman–Crippen LogP) is 3.90. The van der Waals surface area contributed by atoms with Crippen molar-refractivity contribution < 1.29 is 8.42 Å². The highest BCUT2D eigenvalue weighted by atomic mass is 79.9. The summed E-state index contributed by atoms with van der Waals surface area (Å²) in [4.78, 5) is 0.0456. The largest absolute Gasteiger partial charge is 0.262 e. The smallest absolute Gasteiger partial charge is 0.207 e. The van der Waals surface area contributed by atoms with Gasteiger partial charge >= 0.3 is 0 Å². The number of hydrogen-bond donors (Lipinski definition) is 0. The molecule has 0 bridgehead atoms. The van der Waals surface area contributed by atoms with E-state index >= 15 is 0 Å². The average molecular weight is 413 g/mol. The van der Waals surface area contributed by atoms with Crippen LogP contribution in [-0.4, -0.2) is 8.42 Å². The number of rotatable bonds is 1. The Kier molecular flexibility index (Phi) is 3.85. The quantitative estimate of drug-likeness (QED) is 0.517. The molecule has 13 heavy (non-hydrogen) atoms. The molecule has 0 fully saturated rings. The third-order valence-corrected chi connectivity index (χ3v) is 5.36. The fourth-order valence-corrected chi connectivity index (χ4v) is 4.03. The molecule has 2 nitrogen and oxygen atoms in total. The minimum absolute atomic E-state index is 0.0456. The van der Waals surface area contributed by atoms with Crippen LogP contribution in [0.15, 0.2) is 30.4 Å². The molecule has 1 aromatic rings. The lowest BCUT2D eigenvalue weighted by atomic mass is 10.4. The summed E-state index contributed by atoms with van der Waals surface area (Å²) in [5.74, 6) is 0. The highest BCUT2D eigenvalue weighted by molar-refractivity contribution is 9.13. The van der Waals surface area contributed by atoms with Crippen LogP contribution in [0.1, 0.15) is 0 Å². The van der Waals surface area contributed by atoms with Crippen molar-refractivity contribution in [2.24, 2.45) is 0 Å². The van der Waals surface area contributed by atoms with E-state index < -0.39 is 9.05 Å². The normalized spacial score (nSPS) is 11.7. The van der Waals surface area contributed by atoms with E-state index in [0.717, 1.165) is 4.47 Å². The lowest BCUT2D eigenvalue weighted by Crippen LogP contribution is -1.92. The van der Waals surface area contributed by atoms with Gasteiger partial charge in [-0.3, -0.25) is 0 Å². The highest BCUT2D eigenvalue weighted by Crippen LogP contribution is 2.33. The van der Waals surface area contributed by atoms with Crippen LogP contribution in [-0.2, 0) is 9.05 Å². The molecule has 0 aliphatic rings. The molecule has 1 rings (SSSR count). The molecule has 0 unspecified atom stereocenters. The second kappa shape index (κ2) is 4.18. The Morgan fingerprint density at radius 3 is 1.92 bits per heavy atom. The summed E-state index contributed by atoms with van der Waals surface area (Å²) in [5.41, 5.74) is 0. The summed E-state index contributed by atoms with van der Waals surface area (Å²) >= 11 is 9.52. The van der Waals surface area contributed by atoms with Gasteiger partial charge in [-0.1, -0.05) is 0 Å². The molecule has 0 amide bonds. The molecule has 72 valence electrons. The Morgan fingerprint density at radius 1 is 1.00 bits per heavy atom. The Labute approximate surface area is 105 Å². The first-order valence-electron chi connectivity index (χ1n) is 2.91. The Balaban J connectivity index is 3.50. The fraction of sp³-hybridized carbons (Fsp3) is 0. The maximum atomic E-state index is 11.0. The van der Waals surface area contributed by atoms with Gasteiger partial charge in [-0.05, 0) is 59.9 Å². The number of halogens is 4. The SMILES string of the molecule is O=S(=O)(Cl)c1cc(Br)c(Br)cc1Br. The van der Waals surface area contributed by atoms with E-state index in [9.17, 15) is 8.42 Å². The zero-order chi connectivity index (χ0) is 10.2. The van der Waals surface area contributed by atoms with Crippen LogP contribution in [0.25, 0.3) is 0 Å². The van der Waals surface area contributed by atoms with Gasteiger partial charge < -0.3 is 0 Å². The predicted molar refractivity (Wildman–Crippen MR) is 62.6 cm³/mol. The first-order valence-corrected chi connectivity index (χ1v) is 7.60. The molecule has 0 aromatic heterocycles. The molecule has 0 aliphatic heterocycles. The standard InChI is InChI=1S/C6H2Br3ClO2S/c7-3-1-5(9)6(2-4(3)8)13(10,11)12/h1-2H. The summed E-state index contributed by atoms with van der Waals surface area (Å²) in [6.45, 7) is 0. The van der Waals surface area contributed by atoms with Crippen molar-refractivity contribution in [3.63, 3.8) is 0 Å². The molecule has 7 heteroatoms. The van der Waals surface area contributed by atoms with Crippen molar-refractivity contribution >= 4 is 67.5 Å². The molecule has 1 aromatic carbocycles. The molecule has 0 saturated carbocycles. The summed E-state index contributed by atoms with van der Waals surface area (Å²) < 4.78 is 23.8. The van der Waals surface area contributed by atoms with Gasteiger partial charge in [-0.15, -0.1) is 0 Å². The van der Waals surface area contributed by atoms with Crippen LogP contribution in [0.3, 0.4) is 0 Å². The van der Waals surface area contributed by atoms with Gasteiger partial charge in [-0.2, -0.15) is 0 Å². The van der Waals surface area contributed by atoms with Crippen molar-refractivity contribution in [1.29, 1.82) is 0 Å². The first kappa shape index (κ1) is 12.0. The monoisotopic (exact) mass is 410 g/mol. The molecule has 0 N–H and O–H groups in total. The van der Waals surface area contributed by atoms with E-state index in [4.69, 9.17) is 10.7 Å². The molecule has 0 radical (unpaired) electrons. The van der Waals surface area contributed by atoms with Crippen LogP contribution in [0.4, 0.5) is 0 Å². The van der Waals surface area contributed by atoms with Gasteiger partial charge in [0.1, 0.15) is 0 Å². The van der Waals surface area contributed by atoms with Crippen molar-refractivity contribution in [3.05, 3.63) is 25.6 Å². The van der Waals surface area contributed by atoms with E-state index in [1.807, 2.05) is 0 Å². The Bertz CT molecular complexity index is 443. The van der Waals surface area contributed by atoms with E-state index in [2.05, 4.69) is 47.8 Å². The second-order valence-corrected chi connectivity index (χ2v) is 7.23.